The molecule has 3 heterocycles. The van der Waals surface area contributed by atoms with Crippen LogP contribution in [0.25, 0.3) is 0 Å². The minimum atomic E-state index is -0.848. The second-order valence-corrected chi connectivity index (χ2v) is 8.03. The van der Waals surface area contributed by atoms with Gasteiger partial charge >= 0.3 is 0 Å². The predicted octanol–water partition coefficient (Wildman–Crippen LogP) is 1.79. The summed E-state index contributed by atoms with van der Waals surface area (Å²) in [5.41, 5.74) is 0.575. The number of pyridine rings is 1. The van der Waals surface area contributed by atoms with Crippen molar-refractivity contribution in [2.45, 2.75) is 38.0 Å². The molecule has 1 fully saturated rings. The Morgan fingerprint density at radius 2 is 2.00 bits per heavy atom. The molecule has 3 atom stereocenters. The fourth-order valence-corrected chi connectivity index (χ4v) is 4.03. The lowest BCUT2D eigenvalue weighted by Gasteiger charge is -2.37. The molecule has 1 saturated heterocycles. The lowest BCUT2D eigenvalue weighted by molar-refractivity contribution is -0.00546. The number of hydrogen-bond donors (Lipinski definition) is 2. The third kappa shape index (κ3) is 4.21. The van der Waals surface area contributed by atoms with Crippen LogP contribution in [0.3, 0.4) is 0 Å². The maximum Gasteiger partial charge on any atom is 0.253 e. The van der Waals surface area contributed by atoms with Gasteiger partial charge in [0.2, 0.25) is 0 Å². The van der Waals surface area contributed by atoms with Gasteiger partial charge in [-0.3, -0.25) is 4.79 Å². The monoisotopic (exact) mass is 397 g/mol. The van der Waals surface area contributed by atoms with Gasteiger partial charge in [0.1, 0.15) is 23.7 Å². The fourth-order valence-electron chi connectivity index (χ4n) is 4.03. The van der Waals surface area contributed by atoms with Gasteiger partial charge in [-0.15, -0.1) is 0 Å². The molecule has 2 aliphatic rings. The van der Waals surface area contributed by atoms with Crippen LogP contribution in [0.1, 0.15) is 29.8 Å². The standard InChI is InChI=1S/C22H27N3O4/c1-15-11-25(12-16(2)29-15)20-8-7-18(10-23-20)21(27)24-22(13-26)9-17-5-3-4-6-19(17)28-14-22/h3-8,10,15-16,26H,9,11-14H2,1-2H3,(H,24,27). The van der Waals surface area contributed by atoms with E-state index in [-0.39, 0.29) is 31.3 Å². The Bertz CT molecular complexity index is 863. The molecule has 0 saturated carbocycles. The van der Waals surface area contributed by atoms with Gasteiger partial charge in [-0.2, -0.15) is 0 Å². The number of hydrogen-bond acceptors (Lipinski definition) is 6. The van der Waals surface area contributed by atoms with Crippen LogP contribution in [0.4, 0.5) is 5.82 Å². The number of carbonyl (C=O) groups is 1. The first-order valence-electron chi connectivity index (χ1n) is 9.98. The number of benzene rings is 1. The number of ether oxygens (including phenoxy) is 2. The highest BCUT2D eigenvalue weighted by Crippen LogP contribution is 2.29. The second kappa shape index (κ2) is 8.00. The molecule has 3 unspecified atom stereocenters. The number of aromatic nitrogens is 1. The van der Waals surface area contributed by atoms with Crippen molar-refractivity contribution in [3.05, 3.63) is 53.7 Å². The van der Waals surface area contributed by atoms with E-state index >= 15 is 0 Å². The molecule has 0 spiro atoms. The van der Waals surface area contributed by atoms with Gasteiger partial charge in [0.15, 0.2) is 0 Å². The number of anilines is 1. The molecule has 0 radical (unpaired) electrons. The van der Waals surface area contributed by atoms with Crippen molar-refractivity contribution < 1.29 is 19.4 Å². The molecule has 0 bridgehead atoms. The lowest BCUT2D eigenvalue weighted by atomic mass is 9.89. The van der Waals surface area contributed by atoms with Crippen LogP contribution < -0.4 is 15.0 Å². The summed E-state index contributed by atoms with van der Waals surface area (Å²) in [6.45, 7) is 5.65. The number of para-hydroxylation sites is 1. The number of aliphatic hydroxyl groups is 1. The summed E-state index contributed by atoms with van der Waals surface area (Å²) in [5.74, 6) is 1.35. The summed E-state index contributed by atoms with van der Waals surface area (Å²) in [6, 6.07) is 11.3. The Labute approximate surface area is 170 Å². The summed E-state index contributed by atoms with van der Waals surface area (Å²) in [6.07, 6.45) is 2.38. The number of rotatable bonds is 4. The quantitative estimate of drug-likeness (QED) is 0.819. The van der Waals surface area contributed by atoms with Crippen molar-refractivity contribution in [3.8, 4) is 5.75 Å². The molecule has 1 amide bonds. The van der Waals surface area contributed by atoms with E-state index in [1.165, 1.54) is 0 Å². The third-order valence-corrected chi connectivity index (χ3v) is 5.44. The zero-order valence-corrected chi connectivity index (χ0v) is 16.8. The number of morpholine rings is 1. The normalized spacial score (nSPS) is 26.4. The van der Waals surface area contributed by atoms with E-state index < -0.39 is 5.54 Å². The Balaban J connectivity index is 1.45. The molecule has 2 aromatic rings. The minimum absolute atomic E-state index is 0.141. The summed E-state index contributed by atoms with van der Waals surface area (Å²) < 4.78 is 11.5. The van der Waals surface area contributed by atoms with Gasteiger partial charge in [0, 0.05) is 25.7 Å². The van der Waals surface area contributed by atoms with Crippen molar-refractivity contribution in [1.82, 2.24) is 10.3 Å². The van der Waals surface area contributed by atoms with E-state index in [9.17, 15) is 9.90 Å². The van der Waals surface area contributed by atoms with E-state index in [0.29, 0.717) is 12.0 Å². The molecule has 4 rings (SSSR count). The second-order valence-electron chi connectivity index (χ2n) is 8.03. The Morgan fingerprint density at radius 1 is 1.24 bits per heavy atom. The van der Waals surface area contributed by atoms with Crippen LogP contribution in [0, 0.1) is 0 Å². The molecule has 7 nitrogen and oxygen atoms in total. The zero-order valence-electron chi connectivity index (χ0n) is 16.8. The summed E-state index contributed by atoms with van der Waals surface area (Å²) in [4.78, 5) is 19.5. The molecule has 154 valence electrons. The number of aliphatic hydroxyl groups excluding tert-OH is 1. The summed E-state index contributed by atoms with van der Waals surface area (Å²) >= 11 is 0. The van der Waals surface area contributed by atoms with Crippen LogP contribution in [-0.2, 0) is 11.2 Å². The Kier molecular flexibility index (Phi) is 5.43. The lowest BCUT2D eigenvalue weighted by Crippen LogP contribution is -2.58. The van der Waals surface area contributed by atoms with Crippen molar-refractivity contribution in [2.24, 2.45) is 0 Å². The molecule has 1 aromatic heterocycles. The van der Waals surface area contributed by atoms with E-state index in [1.54, 1.807) is 12.3 Å². The van der Waals surface area contributed by atoms with Crippen molar-refractivity contribution >= 4 is 11.7 Å². The van der Waals surface area contributed by atoms with Gasteiger partial charge in [0.25, 0.3) is 5.91 Å². The van der Waals surface area contributed by atoms with Gasteiger partial charge in [0.05, 0.1) is 24.4 Å². The predicted molar refractivity (Wildman–Crippen MR) is 109 cm³/mol. The summed E-state index contributed by atoms with van der Waals surface area (Å²) in [5, 5.41) is 13.0. The Morgan fingerprint density at radius 3 is 2.69 bits per heavy atom. The molecule has 2 aliphatic heterocycles. The molecule has 0 aliphatic carbocycles. The van der Waals surface area contributed by atoms with E-state index in [0.717, 1.165) is 30.2 Å². The first-order valence-corrected chi connectivity index (χ1v) is 9.98. The average Bonchev–Trinajstić information content (AvgIpc) is 2.73. The molecule has 2 N–H and O–H groups in total. The van der Waals surface area contributed by atoms with Gasteiger partial charge < -0.3 is 24.8 Å². The van der Waals surface area contributed by atoms with Crippen LogP contribution in [0.15, 0.2) is 42.6 Å². The maximum atomic E-state index is 12.8. The molecule has 29 heavy (non-hydrogen) atoms. The smallest absolute Gasteiger partial charge is 0.253 e. The highest BCUT2D eigenvalue weighted by Gasteiger charge is 2.37. The average molecular weight is 397 g/mol. The Hall–Kier alpha value is -2.64. The van der Waals surface area contributed by atoms with Gasteiger partial charge in [-0.05, 0) is 37.6 Å². The van der Waals surface area contributed by atoms with Gasteiger partial charge in [-0.1, -0.05) is 18.2 Å². The number of nitrogens with zero attached hydrogens (tertiary/aromatic N) is 2. The van der Waals surface area contributed by atoms with E-state index in [2.05, 4.69) is 15.2 Å². The minimum Gasteiger partial charge on any atom is -0.491 e. The number of amides is 1. The van der Waals surface area contributed by atoms with E-state index in [4.69, 9.17) is 9.47 Å². The van der Waals surface area contributed by atoms with Gasteiger partial charge in [-0.25, -0.2) is 4.98 Å². The van der Waals surface area contributed by atoms with Crippen LogP contribution in [-0.4, -0.2) is 60.0 Å². The van der Waals surface area contributed by atoms with E-state index in [1.807, 2.05) is 44.2 Å². The molecule has 1 aromatic carbocycles. The molecular formula is C22H27N3O4. The van der Waals surface area contributed by atoms with Crippen molar-refractivity contribution in [2.75, 3.05) is 31.2 Å². The number of carbonyl (C=O) groups excluding carboxylic acids is 1. The zero-order chi connectivity index (χ0) is 20.4. The van der Waals surface area contributed by atoms with Crippen LogP contribution >= 0.6 is 0 Å². The highest BCUT2D eigenvalue weighted by molar-refractivity contribution is 5.94. The first-order chi connectivity index (χ1) is 14.0. The summed E-state index contributed by atoms with van der Waals surface area (Å²) in [7, 11) is 0. The first kappa shape index (κ1) is 19.7. The van der Waals surface area contributed by atoms with Crippen LogP contribution in [0.5, 0.6) is 5.75 Å². The maximum absolute atomic E-state index is 12.8. The number of fused-ring (bicyclic) bond motifs is 1. The number of nitrogens with one attached hydrogen (secondary N) is 1. The third-order valence-electron chi connectivity index (χ3n) is 5.44. The van der Waals surface area contributed by atoms with Crippen molar-refractivity contribution in [1.29, 1.82) is 0 Å². The van der Waals surface area contributed by atoms with Crippen LogP contribution in [0.2, 0.25) is 0 Å². The highest BCUT2D eigenvalue weighted by atomic mass is 16.5. The topological polar surface area (TPSA) is 83.9 Å². The fraction of sp³-hybridized carbons (Fsp3) is 0.455. The SMILES string of the molecule is CC1CN(c2ccc(C(=O)NC3(CO)COc4ccccc4C3)cn2)CC(C)O1. The molecule has 7 heteroatoms. The van der Waals surface area contributed by atoms with Crippen molar-refractivity contribution in [3.63, 3.8) is 0 Å². The largest absolute Gasteiger partial charge is 0.491 e. The molecular weight excluding hydrogens is 370 g/mol.